The maximum atomic E-state index is 10.9. The first kappa shape index (κ1) is 10.6. The first-order chi connectivity index (χ1) is 5.96. The molecule has 0 saturated heterocycles. The SMILES string of the molecule is CC(C(=O)O)C(C)(C)C1CCCC1. The van der Waals surface area contributed by atoms with Crippen molar-refractivity contribution in [1.29, 1.82) is 0 Å². The van der Waals surface area contributed by atoms with Crippen LogP contribution in [0.1, 0.15) is 46.5 Å². The Labute approximate surface area is 80.3 Å². The van der Waals surface area contributed by atoms with Gasteiger partial charge in [-0.3, -0.25) is 4.79 Å². The van der Waals surface area contributed by atoms with Crippen LogP contribution in [-0.2, 0) is 4.79 Å². The Morgan fingerprint density at radius 2 is 1.85 bits per heavy atom. The third-order valence-electron chi connectivity index (χ3n) is 3.89. The Morgan fingerprint density at radius 1 is 1.38 bits per heavy atom. The molecular weight excluding hydrogens is 164 g/mol. The van der Waals surface area contributed by atoms with E-state index in [2.05, 4.69) is 13.8 Å². The Kier molecular flexibility index (Phi) is 2.99. The number of hydrogen-bond acceptors (Lipinski definition) is 1. The van der Waals surface area contributed by atoms with Crippen molar-refractivity contribution in [3.63, 3.8) is 0 Å². The van der Waals surface area contributed by atoms with Gasteiger partial charge in [-0.1, -0.05) is 33.6 Å². The molecule has 0 heterocycles. The second kappa shape index (κ2) is 3.69. The monoisotopic (exact) mass is 184 g/mol. The summed E-state index contributed by atoms with van der Waals surface area (Å²) in [5.41, 5.74) is -0.0394. The maximum Gasteiger partial charge on any atom is 0.306 e. The van der Waals surface area contributed by atoms with Gasteiger partial charge in [0.25, 0.3) is 0 Å². The first-order valence-corrected chi connectivity index (χ1v) is 5.19. The summed E-state index contributed by atoms with van der Waals surface area (Å²) in [4.78, 5) is 10.9. The fourth-order valence-corrected chi connectivity index (χ4v) is 2.34. The smallest absolute Gasteiger partial charge is 0.306 e. The quantitative estimate of drug-likeness (QED) is 0.732. The van der Waals surface area contributed by atoms with Crippen molar-refractivity contribution in [2.24, 2.45) is 17.3 Å². The average molecular weight is 184 g/mol. The normalized spacial score (nSPS) is 21.8. The van der Waals surface area contributed by atoms with E-state index in [1.807, 2.05) is 6.92 Å². The van der Waals surface area contributed by atoms with Crippen LogP contribution in [0.2, 0.25) is 0 Å². The molecule has 0 bridgehead atoms. The van der Waals surface area contributed by atoms with Gasteiger partial charge in [0.05, 0.1) is 5.92 Å². The lowest BCUT2D eigenvalue weighted by Gasteiger charge is -2.35. The molecule has 1 rings (SSSR count). The van der Waals surface area contributed by atoms with E-state index in [-0.39, 0.29) is 11.3 Å². The van der Waals surface area contributed by atoms with E-state index in [0.29, 0.717) is 5.92 Å². The van der Waals surface area contributed by atoms with Gasteiger partial charge in [-0.15, -0.1) is 0 Å². The number of rotatable bonds is 3. The highest BCUT2D eigenvalue weighted by Crippen LogP contribution is 2.44. The van der Waals surface area contributed by atoms with Gasteiger partial charge in [0.2, 0.25) is 0 Å². The molecule has 1 saturated carbocycles. The minimum atomic E-state index is -0.656. The van der Waals surface area contributed by atoms with E-state index < -0.39 is 5.97 Å². The van der Waals surface area contributed by atoms with Gasteiger partial charge in [-0.05, 0) is 24.2 Å². The van der Waals surface area contributed by atoms with Crippen LogP contribution in [0.5, 0.6) is 0 Å². The molecule has 1 atom stereocenters. The fourth-order valence-electron chi connectivity index (χ4n) is 2.34. The molecule has 0 aromatic rings. The van der Waals surface area contributed by atoms with E-state index in [1.54, 1.807) is 0 Å². The van der Waals surface area contributed by atoms with Gasteiger partial charge in [0.15, 0.2) is 0 Å². The van der Waals surface area contributed by atoms with Crippen molar-refractivity contribution >= 4 is 5.97 Å². The molecule has 0 aliphatic heterocycles. The molecule has 0 aromatic carbocycles. The van der Waals surface area contributed by atoms with Crippen LogP contribution in [-0.4, -0.2) is 11.1 Å². The van der Waals surface area contributed by atoms with Crippen LogP contribution in [0.15, 0.2) is 0 Å². The molecule has 76 valence electrons. The largest absolute Gasteiger partial charge is 0.481 e. The number of carboxylic acid groups (broad SMARTS) is 1. The molecule has 0 radical (unpaired) electrons. The van der Waals surface area contributed by atoms with Gasteiger partial charge >= 0.3 is 5.97 Å². The standard InChI is InChI=1S/C11H20O2/c1-8(10(12)13)11(2,3)9-6-4-5-7-9/h8-9H,4-7H2,1-3H3,(H,12,13). The molecule has 13 heavy (non-hydrogen) atoms. The highest BCUT2D eigenvalue weighted by atomic mass is 16.4. The maximum absolute atomic E-state index is 10.9. The summed E-state index contributed by atoms with van der Waals surface area (Å²) in [6.07, 6.45) is 4.98. The third kappa shape index (κ3) is 2.04. The van der Waals surface area contributed by atoms with Crippen molar-refractivity contribution in [1.82, 2.24) is 0 Å². The van der Waals surface area contributed by atoms with Gasteiger partial charge in [-0.2, -0.15) is 0 Å². The molecule has 1 aliphatic carbocycles. The van der Waals surface area contributed by atoms with Crippen molar-refractivity contribution in [2.45, 2.75) is 46.5 Å². The van der Waals surface area contributed by atoms with Gasteiger partial charge in [-0.25, -0.2) is 0 Å². The zero-order valence-corrected chi connectivity index (χ0v) is 8.84. The molecule has 1 aliphatic rings. The van der Waals surface area contributed by atoms with Crippen molar-refractivity contribution < 1.29 is 9.90 Å². The molecule has 0 amide bonds. The Hall–Kier alpha value is -0.530. The zero-order chi connectivity index (χ0) is 10.1. The molecule has 0 aromatic heterocycles. The van der Waals surface area contributed by atoms with E-state index in [1.165, 1.54) is 25.7 Å². The Morgan fingerprint density at radius 3 is 2.23 bits per heavy atom. The molecule has 1 N–H and O–H groups in total. The molecule has 1 unspecified atom stereocenters. The minimum absolute atomic E-state index is 0.0394. The molecular formula is C11H20O2. The highest BCUT2D eigenvalue weighted by Gasteiger charge is 2.39. The lowest BCUT2D eigenvalue weighted by Crippen LogP contribution is -2.34. The summed E-state index contributed by atoms with van der Waals surface area (Å²) in [5.74, 6) is -0.272. The van der Waals surface area contributed by atoms with Crippen LogP contribution >= 0.6 is 0 Å². The fraction of sp³-hybridized carbons (Fsp3) is 0.909. The van der Waals surface area contributed by atoms with E-state index in [9.17, 15) is 4.79 Å². The van der Waals surface area contributed by atoms with Crippen LogP contribution in [0, 0.1) is 17.3 Å². The second-order valence-electron chi connectivity index (χ2n) is 4.86. The lowest BCUT2D eigenvalue weighted by molar-refractivity contribution is -0.146. The molecule has 0 spiro atoms. The minimum Gasteiger partial charge on any atom is -0.481 e. The third-order valence-corrected chi connectivity index (χ3v) is 3.89. The lowest BCUT2D eigenvalue weighted by atomic mass is 9.69. The Bertz CT molecular complexity index is 190. The van der Waals surface area contributed by atoms with Crippen LogP contribution < -0.4 is 0 Å². The predicted octanol–water partition coefficient (Wildman–Crippen LogP) is 2.92. The Balaban J connectivity index is 2.67. The van der Waals surface area contributed by atoms with Crippen molar-refractivity contribution in [3.05, 3.63) is 0 Å². The summed E-state index contributed by atoms with van der Waals surface area (Å²) in [7, 11) is 0. The van der Waals surface area contributed by atoms with Gasteiger partial charge in [0.1, 0.15) is 0 Å². The first-order valence-electron chi connectivity index (χ1n) is 5.19. The molecule has 2 nitrogen and oxygen atoms in total. The second-order valence-corrected chi connectivity index (χ2v) is 4.86. The molecule has 2 heteroatoms. The summed E-state index contributed by atoms with van der Waals surface area (Å²) in [6.45, 7) is 6.03. The number of hydrogen-bond donors (Lipinski definition) is 1. The summed E-state index contributed by atoms with van der Waals surface area (Å²) in [5, 5.41) is 8.98. The van der Waals surface area contributed by atoms with E-state index in [4.69, 9.17) is 5.11 Å². The van der Waals surface area contributed by atoms with Gasteiger partial charge < -0.3 is 5.11 Å². The number of carboxylic acids is 1. The van der Waals surface area contributed by atoms with Crippen molar-refractivity contribution in [2.75, 3.05) is 0 Å². The summed E-state index contributed by atoms with van der Waals surface area (Å²) in [6, 6.07) is 0. The summed E-state index contributed by atoms with van der Waals surface area (Å²) < 4.78 is 0. The summed E-state index contributed by atoms with van der Waals surface area (Å²) >= 11 is 0. The van der Waals surface area contributed by atoms with Crippen LogP contribution in [0.3, 0.4) is 0 Å². The molecule has 1 fully saturated rings. The van der Waals surface area contributed by atoms with E-state index >= 15 is 0 Å². The average Bonchev–Trinajstić information content (AvgIpc) is 2.54. The zero-order valence-electron chi connectivity index (χ0n) is 8.84. The number of aliphatic carboxylic acids is 1. The van der Waals surface area contributed by atoms with Crippen molar-refractivity contribution in [3.8, 4) is 0 Å². The van der Waals surface area contributed by atoms with Gasteiger partial charge in [0, 0.05) is 0 Å². The predicted molar refractivity (Wildman–Crippen MR) is 52.5 cm³/mol. The number of carbonyl (C=O) groups is 1. The van der Waals surface area contributed by atoms with Crippen LogP contribution in [0.25, 0.3) is 0 Å². The van der Waals surface area contributed by atoms with E-state index in [0.717, 1.165) is 0 Å². The topological polar surface area (TPSA) is 37.3 Å². The highest BCUT2D eigenvalue weighted by molar-refractivity contribution is 5.70. The van der Waals surface area contributed by atoms with Crippen LogP contribution in [0.4, 0.5) is 0 Å².